The molecule has 1 rings (SSSR count). The van der Waals surface area contributed by atoms with Gasteiger partial charge in [-0.3, -0.25) is 4.79 Å². The molecule has 0 spiro atoms. The van der Waals surface area contributed by atoms with Gasteiger partial charge in [-0.2, -0.15) is 0 Å². The molecule has 0 bridgehead atoms. The van der Waals surface area contributed by atoms with E-state index in [1.54, 1.807) is 0 Å². The van der Waals surface area contributed by atoms with Crippen LogP contribution in [0.2, 0.25) is 0 Å². The van der Waals surface area contributed by atoms with Crippen LogP contribution >= 0.6 is 38.5 Å². The summed E-state index contributed by atoms with van der Waals surface area (Å²) < 4.78 is 2.17. The van der Waals surface area contributed by atoms with Crippen molar-refractivity contribution in [2.24, 2.45) is 0 Å². The monoisotopic (exact) mass is 395 g/mol. The lowest BCUT2D eigenvalue weighted by Gasteiger charge is -2.04. The van der Waals surface area contributed by atoms with Gasteiger partial charge in [-0.05, 0) is 35.0 Å². The fraction of sp³-hybridized carbons (Fsp3) is 0.417. The first-order chi connectivity index (χ1) is 7.72. The first-order valence-electron chi connectivity index (χ1n) is 5.29. The van der Waals surface area contributed by atoms with Gasteiger partial charge in [0.05, 0.1) is 6.42 Å². The summed E-state index contributed by atoms with van der Waals surface area (Å²) in [4.78, 5) is 11.6. The topological polar surface area (TPSA) is 29.1 Å². The average Bonchev–Trinajstić information content (AvgIpc) is 2.24. The molecule has 88 valence electrons. The highest BCUT2D eigenvalue weighted by atomic mass is 127. The number of carbonyl (C=O) groups is 1. The van der Waals surface area contributed by atoms with Crippen LogP contribution < -0.4 is 5.32 Å². The third-order valence-corrected chi connectivity index (χ3v) is 3.39. The molecule has 0 heterocycles. The number of unbranched alkanes of at least 4 members (excludes halogenated alkanes) is 1. The lowest BCUT2D eigenvalue weighted by atomic mass is 10.1. The fourth-order valence-corrected chi connectivity index (χ4v) is 2.33. The lowest BCUT2D eigenvalue weighted by molar-refractivity contribution is -0.120. The Hall–Kier alpha value is -0.100. The number of hydrogen-bond acceptors (Lipinski definition) is 1. The Morgan fingerprint density at radius 1 is 1.38 bits per heavy atom. The van der Waals surface area contributed by atoms with Crippen LogP contribution in [0.3, 0.4) is 0 Å². The van der Waals surface area contributed by atoms with Crippen molar-refractivity contribution in [1.82, 2.24) is 5.32 Å². The van der Waals surface area contributed by atoms with E-state index in [-0.39, 0.29) is 5.91 Å². The van der Waals surface area contributed by atoms with E-state index in [1.165, 1.54) is 0 Å². The van der Waals surface area contributed by atoms with E-state index in [9.17, 15) is 4.79 Å². The van der Waals surface area contributed by atoms with Crippen molar-refractivity contribution in [3.63, 3.8) is 0 Å². The van der Waals surface area contributed by atoms with Crippen molar-refractivity contribution in [3.8, 4) is 0 Å². The Morgan fingerprint density at radius 3 is 2.88 bits per heavy atom. The smallest absolute Gasteiger partial charge is 0.224 e. The number of halogens is 2. The van der Waals surface area contributed by atoms with Crippen LogP contribution in [-0.4, -0.2) is 16.9 Å². The third-order valence-electron chi connectivity index (χ3n) is 2.14. The molecule has 4 heteroatoms. The number of nitrogens with one attached hydrogen (secondary N) is 1. The standard InChI is InChI=1S/C12H15BrINO/c13-11-5-3-4-10(8-11)9-12(16)15-7-2-1-6-14/h3-5,8H,1-2,6-7,9H2,(H,15,16). The summed E-state index contributed by atoms with van der Waals surface area (Å²) in [6.45, 7) is 0.788. The van der Waals surface area contributed by atoms with E-state index in [0.29, 0.717) is 6.42 Å². The SMILES string of the molecule is O=C(Cc1cccc(Br)c1)NCCCCI. The first kappa shape index (κ1) is 14.0. The predicted molar refractivity (Wildman–Crippen MR) is 79.0 cm³/mol. The van der Waals surface area contributed by atoms with Gasteiger partial charge in [0.15, 0.2) is 0 Å². The molecule has 0 radical (unpaired) electrons. The van der Waals surface area contributed by atoms with Gasteiger partial charge in [0.2, 0.25) is 5.91 Å². The summed E-state index contributed by atoms with van der Waals surface area (Å²) >= 11 is 5.74. The summed E-state index contributed by atoms with van der Waals surface area (Å²) in [6.07, 6.45) is 2.69. The molecule has 0 fully saturated rings. The van der Waals surface area contributed by atoms with Crippen LogP contribution in [0.25, 0.3) is 0 Å². The maximum Gasteiger partial charge on any atom is 0.224 e. The van der Waals surface area contributed by atoms with Crippen molar-refractivity contribution in [2.75, 3.05) is 11.0 Å². The molecule has 0 aliphatic carbocycles. The van der Waals surface area contributed by atoms with Crippen LogP contribution in [0.5, 0.6) is 0 Å². The van der Waals surface area contributed by atoms with Crippen molar-refractivity contribution in [1.29, 1.82) is 0 Å². The number of hydrogen-bond donors (Lipinski definition) is 1. The molecule has 0 saturated heterocycles. The number of amides is 1. The molecule has 0 aromatic heterocycles. The average molecular weight is 396 g/mol. The molecule has 0 saturated carbocycles. The lowest BCUT2D eigenvalue weighted by Crippen LogP contribution is -2.26. The van der Waals surface area contributed by atoms with Gasteiger partial charge < -0.3 is 5.32 Å². The van der Waals surface area contributed by atoms with E-state index in [0.717, 1.165) is 33.9 Å². The molecule has 1 amide bonds. The van der Waals surface area contributed by atoms with Gasteiger partial charge in [0, 0.05) is 11.0 Å². The van der Waals surface area contributed by atoms with E-state index in [1.807, 2.05) is 24.3 Å². The van der Waals surface area contributed by atoms with Crippen molar-refractivity contribution in [3.05, 3.63) is 34.3 Å². The summed E-state index contributed by atoms with van der Waals surface area (Å²) in [5, 5.41) is 2.93. The zero-order chi connectivity index (χ0) is 11.8. The van der Waals surface area contributed by atoms with Gasteiger partial charge in [-0.25, -0.2) is 0 Å². The number of alkyl halides is 1. The number of benzene rings is 1. The van der Waals surface area contributed by atoms with E-state index in [2.05, 4.69) is 43.8 Å². The Morgan fingerprint density at radius 2 is 2.19 bits per heavy atom. The molecule has 0 aliphatic heterocycles. The highest BCUT2D eigenvalue weighted by Gasteiger charge is 2.02. The second-order valence-electron chi connectivity index (χ2n) is 3.55. The Labute approximate surface area is 118 Å². The zero-order valence-electron chi connectivity index (χ0n) is 9.01. The molecule has 1 aromatic carbocycles. The molecular formula is C12H15BrINO. The second kappa shape index (κ2) is 8.06. The van der Waals surface area contributed by atoms with Gasteiger partial charge in [0.25, 0.3) is 0 Å². The molecule has 16 heavy (non-hydrogen) atoms. The minimum absolute atomic E-state index is 0.103. The van der Waals surface area contributed by atoms with E-state index < -0.39 is 0 Å². The molecule has 1 aromatic rings. The molecular weight excluding hydrogens is 381 g/mol. The van der Waals surface area contributed by atoms with Crippen LogP contribution in [0, 0.1) is 0 Å². The van der Waals surface area contributed by atoms with Crippen molar-refractivity contribution >= 4 is 44.4 Å². The van der Waals surface area contributed by atoms with Crippen molar-refractivity contribution < 1.29 is 4.79 Å². The number of carbonyl (C=O) groups excluding carboxylic acids is 1. The highest BCUT2D eigenvalue weighted by Crippen LogP contribution is 2.11. The molecule has 1 N–H and O–H groups in total. The van der Waals surface area contributed by atoms with Crippen LogP contribution in [-0.2, 0) is 11.2 Å². The second-order valence-corrected chi connectivity index (χ2v) is 5.55. The summed E-state index contributed by atoms with van der Waals surface area (Å²) in [5.74, 6) is 0.103. The van der Waals surface area contributed by atoms with Crippen LogP contribution in [0.15, 0.2) is 28.7 Å². The summed E-state index contributed by atoms with van der Waals surface area (Å²) in [5.41, 5.74) is 1.04. The van der Waals surface area contributed by atoms with E-state index >= 15 is 0 Å². The third kappa shape index (κ3) is 5.84. The Bertz CT molecular complexity index is 344. The van der Waals surface area contributed by atoms with Gasteiger partial charge in [-0.15, -0.1) is 0 Å². The quantitative estimate of drug-likeness (QED) is 0.446. The highest BCUT2D eigenvalue weighted by molar-refractivity contribution is 14.1. The minimum Gasteiger partial charge on any atom is -0.356 e. The Balaban J connectivity index is 2.29. The van der Waals surface area contributed by atoms with Crippen LogP contribution in [0.4, 0.5) is 0 Å². The van der Waals surface area contributed by atoms with Gasteiger partial charge in [-0.1, -0.05) is 50.7 Å². The molecule has 0 unspecified atom stereocenters. The normalized spacial score (nSPS) is 10.1. The summed E-state index contributed by atoms with van der Waals surface area (Å²) in [6, 6.07) is 7.85. The maximum atomic E-state index is 11.6. The fourth-order valence-electron chi connectivity index (χ4n) is 1.34. The largest absolute Gasteiger partial charge is 0.356 e. The minimum atomic E-state index is 0.103. The summed E-state index contributed by atoms with van der Waals surface area (Å²) in [7, 11) is 0. The van der Waals surface area contributed by atoms with Gasteiger partial charge in [0.1, 0.15) is 0 Å². The Kier molecular flexibility index (Phi) is 7.03. The van der Waals surface area contributed by atoms with E-state index in [4.69, 9.17) is 0 Å². The maximum absolute atomic E-state index is 11.6. The van der Waals surface area contributed by atoms with Gasteiger partial charge >= 0.3 is 0 Å². The number of rotatable bonds is 6. The molecule has 0 atom stereocenters. The predicted octanol–water partition coefficient (Wildman–Crippen LogP) is 3.32. The first-order valence-corrected chi connectivity index (χ1v) is 7.61. The molecule has 2 nitrogen and oxygen atoms in total. The van der Waals surface area contributed by atoms with Crippen LogP contribution in [0.1, 0.15) is 18.4 Å². The van der Waals surface area contributed by atoms with Crippen molar-refractivity contribution in [2.45, 2.75) is 19.3 Å². The molecule has 0 aliphatic rings. The zero-order valence-corrected chi connectivity index (χ0v) is 12.8.